The minimum absolute atomic E-state index is 0.224. The molecule has 1 heterocycles. The minimum atomic E-state index is -0.224. The Labute approximate surface area is 71.1 Å². The van der Waals surface area contributed by atoms with Crippen LogP contribution in [0.1, 0.15) is 25.6 Å². The van der Waals surface area contributed by atoms with E-state index in [-0.39, 0.29) is 5.97 Å². The third-order valence-electron chi connectivity index (χ3n) is 1.44. The van der Waals surface area contributed by atoms with E-state index in [1.54, 1.807) is 19.3 Å². The first-order valence-electron chi connectivity index (χ1n) is 3.95. The van der Waals surface area contributed by atoms with Crippen molar-refractivity contribution in [1.82, 2.24) is 9.71 Å². The Morgan fingerprint density at radius 2 is 2.50 bits per heavy atom. The van der Waals surface area contributed by atoms with E-state index in [0.29, 0.717) is 12.2 Å². The van der Waals surface area contributed by atoms with Gasteiger partial charge in [-0.15, -0.1) is 0 Å². The minimum Gasteiger partial charge on any atom is -0.335 e. The van der Waals surface area contributed by atoms with Crippen molar-refractivity contribution in [1.29, 1.82) is 0 Å². The first-order chi connectivity index (χ1) is 5.74. The molecule has 0 N–H and O–H groups in total. The van der Waals surface area contributed by atoms with Gasteiger partial charge in [-0.3, -0.25) is 0 Å². The lowest BCUT2D eigenvalue weighted by atomic mass is 10.3. The van der Waals surface area contributed by atoms with Crippen molar-refractivity contribution >= 4 is 5.97 Å². The second kappa shape index (κ2) is 3.90. The molecule has 0 amide bonds. The summed E-state index contributed by atoms with van der Waals surface area (Å²) < 4.78 is 1.37. The van der Waals surface area contributed by atoms with Crippen LogP contribution in [0.25, 0.3) is 0 Å². The van der Waals surface area contributed by atoms with E-state index >= 15 is 0 Å². The van der Waals surface area contributed by atoms with Crippen LogP contribution >= 0.6 is 0 Å². The number of hydrogen-bond acceptors (Lipinski definition) is 3. The average molecular weight is 168 g/mol. The van der Waals surface area contributed by atoms with Crippen molar-refractivity contribution < 1.29 is 9.63 Å². The van der Waals surface area contributed by atoms with E-state index in [1.807, 2.05) is 6.92 Å². The Morgan fingerprint density at radius 3 is 3.00 bits per heavy atom. The molecule has 4 nitrogen and oxygen atoms in total. The van der Waals surface area contributed by atoms with Crippen LogP contribution in [0.4, 0.5) is 0 Å². The van der Waals surface area contributed by atoms with Crippen LogP contribution in [0.5, 0.6) is 0 Å². The van der Waals surface area contributed by atoms with E-state index in [9.17, 15) is 4.79 Å². The number of carbonyl (C=O) groups excluding carboxylic acids is 1. The summed E-state index contributed by atoms with van der Waals surface area (Å²) in [6.07, 6.45) is 4.45. The third kappa shape index (κ3) is 2.08. The second-order valence-corrected chi connectivity index (χ2v) is 2.51. The molecule has 0 saturated carbocycles. The van der Waals surface area contributed by atoms with E-state index < -0.39 is 0 Å². The van der Waals surface area contributed by atoms with E-state index in [4.69, 9.17) is 4.84 Å². The van der Waals surface area contributed by atoms with Gasteiger partial charge in [0.25, 0.3) is 0 Å². The number of aryl methyl sites for hydroxylation is 1. The number of nitrogens with zero attached hydrogens (tertiary/aromatic N) is 2. The van der Waals surface area contributed by atoms with Crippen molar-refractivity contribution in [3.05, 3.63) is 18.2 Å². The van der Waals surface area contributed by atoms with E-state index in [2.05, 4.69) is 4.98 Å². The first-order valence-corrected chi connectivity index (χ1v) is 3.95. The molecular formula is C8H12N2O2. The summed E-state index contributed by atoms with van der Waals surface area (Å²) in [6.45, 7) is 3.71. The van der Waals surface area contributed by atoms with Crippen molar-refractivity contribution in [3.63, 3.8) is 0 Å². The van der Waals surface area contributed by atoms with Crippen LogP contribution in [-0.2, 0) is 4.79 Å². The monoisotopic (exact) mass is 168 g/mol. The van der Waals surface area contributed by atoms with Gasteiger partial charge in [0.05, 0.1) is 6.20 Å². The molecule has 0 spiro atoms. The topological polar surface area (TPSA) is 44.1 Å². The second-order valence-electron chi connectivity index (χ2n) is 2.51. The zero-order valence-electron chi connectivity index (χ0n) is 7.28. The van der Waals surface area contributed by atoms with Crippen molar-refractivity contribution in [2.24, 2.45) is 0 Å². The Kier molecular flexibility index (Phi) is 2.85. The average Bonchev–Trinajstić information content (AvgIpc) is 2.37. The quantitative estimate of drug-likeness (QED) is 0.674. The van der Waals surface area contributed by atoms with Gasteiger partial charge in [-0.25, -0.2) is 9.78 Å². The maximum Gasteiger partial charge on any atom is 0.332 e. The van der Waals surface area contributed by atoms with Crippen molar-refractivity contribution in [2.75, 3.05) is 0 Å². The van der Waals surface area contributed by atoms with Crippen molar-refractivity contribution in [3.8, 4) is 0 Å². The smallest absolute Gasteiger partial charge is 0.332 e. The van der Waals surface area contributed by atoms with Crippen LogP contribution in [0, 0.1) is 6.92 Å². The first kappa shape index (κ1) is 8.77. The van der Waals surface area contributed by atoms with Crippen LogP contribution < -0.4 is 4.84 Å². The van der Waals surface area contributed by atoms with Gasteiger partial charge in [0.2, 0.25) is 0 Å². The molecule has 1 rings (SSSR count). The van der Waals surface area contributed by atoms with Gasteiger partial charge in [-0.2, -0.15) is 4.73 Å². The predicted octanol–water partition coefficient (Wildman–Crippen LogP) is 0.947. The highest BCUT2D eigenvalue weighted by Crippen LogP contribution is 1.94. The summed E-state index contributed by atoms with van der Waals surface area (Å²) in [5.41, 5.74) is 0. The molecule has 1 aromatic heterocycles. The number of aromatic nitrogens is 2. The van der Waals surface area contributed by atoms with E-state index in [1.165, 1.54) is 4.73 Å². The Balaban J connectivity index is 2.52. The molecular weight excluding hydrogens is 156 g/mol. The normalized spacial score (nSPS) is 9.83. The standard InChI is InChI=1S/C8H12N2O2/c1-3-4-8(11)12-10-6-5-9-7(10)2/h5-6H,3-4H2,1-2H3. The molecule has 0 aliphatic carbocycles. The van der Waals surface area contributed by atoms with Gasteiger partial charge < -0.3 is 4.84 Å². The summed E-state index contributed by atoms with van der Waals surface area (Å²) >= 11 is 0. The fraction of sp³-hybridized carbons (Fsp3) is 0.500. The van der Waals surface area contributed by atoms with Gasteiger partial charge in [-0.1, -0.05) is 6.92 Å². The molecule has 0 atom stereocenters. The van der Waals surface area contributed by atoms with Crippen LogP contribution in [0.15, 0.2) is 12.4 Å². The Hall–Kier alpha value is -1.32. The number of carbonyl (C=O) groups is 1. The van der Waals surface area contributed by atoms with Crippen LogP contribution in [-0.4, -0.2) is 15.7 Å². The number of hydrogen-bond donors (Lipinski definition) is 0. The highest BCUT2D eigenvalue weighted by Gasteiger charge is 2.03. The SMILES string of the molecule is CCCC(=O)On1ccnc1C. The Morgan fingerprint density at radius 1 is 1.75 bits per heavy atom. The van der Waals surface area contributed by atoms with Crippen molar-refractivity contribution in [2.45, 2.75) is 26.7 Å². The van der Waals surface area contributed by atoms with Gasteiger partial charge in [0.1, 0.15) is 5.82 Å². The third-order valence-corrected chi connectivity index (χ3v) is 1.44. The molecule has 0 radical (unpaired) electrons. The predicted molar refractivity (Wildman–Crippen MR) is 43.5 cm³/mol. The highest BCUT2D eigenvalue weighted by atomic mass is 16.7. The molecule has 12 heavy (non-hydrogen) atoms. The molecule has 0 saturated heterocycles. The summed E-state index contributed by atoms with van der Waals surface area (Å²) in [5.74, 6) is 0.457. The van der Waals surface area contributed by atoms with Crippen LogP contribution in [0.3, 0.4) is 0 Å². The molecule has 0 bridgehead atoms. The van der Waals surface area contributed by atoms with Gasteiger partial charge >= 0.3 is 5.97 Å². The van der Waals surface area contributed by atoms with Gasteiger partial charge in [-0.05, 0) is 13.3 Å². The lowest BCUT2D eigenvalue weighted by molar-refractivity contribution is -0.144. The molecule has 0 aliphatic rings. The number of rotatable bonds is 3. The van der Waals surface area contributed by atoms with Crippen LogP contribution in [0.2, 0.25) is 0 Å². The molecule has 0 unspecified atom stereocenters. The highest BCUT2D eigenvalue weighted by molar-refractivity contribution is 5.69. The molecule has 4 heteroatoms. The zero-order chi connectivity index (χ0) is 8.97. The summed E-state index contributed by atoms with van der Waals surface area (Å²) in [4.78, 5) is 19.8. The lowest BCUT2D eigenvalue weighted by Gasteiger charge is -2.03. The molecule has 0 aliphatic heterocycles. The van der Waals surface area contributed by atoms with E-state index in [0.717, 1.165) is 6.42 Å². The maximum atomic E-state index is 11.0. The maximum absolute atomic E-state index is 11.0. The number of imidazole rings is 1. The molecule has 0 aromatic carbocycles. The lowest BCUT2D eigenvalue weighted by Crippen LogP contribution is -2.19. The zero-order valence-corrected chi connectivity index (χ0v) is 7.28. The summed E-state index contributed by atoms with van der Waals surface area (Å²) in [5, 5.41) is 0. The molecule has 66 valence electrons. The molecule has 1 aromatic rings. The van der Waals surface area contributed by atoms with Gasteiger partial charge in [0, 0.05) is 12.6 Å². The summed E-state index contributed by atoms with van der Waals surface area (Å²) in [6, 6.07) is 0. The largest absolute Gasteiger partial charge is 0.335 e. The fourth-order valence-electron chi connectivity index (χ4n) is 0.822. The van der Waals surface area contributed by atoms with Gasteiger partial charge in [0.15, 0.2) is 0 Å². The Bertz CT molecular complexity index is 268. The summed E-state index contributed by atoms with van der Waals surface area (Å²) in [7, 11) is 0. The molecule has 0 fully saturated rings. The fourth-order valence-corrected chi connectivity index (χ4v) is 0.822.